The lowest BCUT2D eigenvalue weighted by Crippen LogP contribution is -2.04. The summed E-state index contributed by atoms with van der Waals surface area (Å²) in [6, 6.07) is 13.1. The van der Waals surface area contributed by atoms with E-state index >= 15 is 0 Å². The normalized spacial score (nSPS) is 11.2. The second kappa shape index (κ2) is 6.18. The van der Waals surface area contributed by atoms with Crippen LogP contribution in [0.5, 0.6) is 5.75 Å². The first kappa shape index (κ1) is 15.4. The molecular weight excluding hydrogens is 286 g/mol. The monoisotopic (exact) mass is 305 g/mol. The third-order valence-corrected chi connectivity index (χ3v) is 4.50. The minimum Gasteiger partial charge on any atom is -0.496 e. The van der Waals surface area contributed by atoms with Crippen LogP contribution < -0.4 is 10.1 Å². The molecule has 1 N–H and O–H groups in total. The van der Waals surface area contributed by atoms with E-state index in [4.69, 9.17) is 4.74 Å². The first-order chi connectivity index (χ1) is 9.91. The molecule has 0 heterocycles. The number of methoxy groups -OCH3 is 1. The molecule has 2 aromatic rings. The molecule has 0 amide bonds. The second-order valence-corrected chi connectivity index (χ2v) is 6.90. The van der Waals surface area contributed by atoms with E-state index in [9.17, 15) is 8.42 Å². The number of anilines is 1. The maximum Gasteiger partial charge on any atom is 0.175 e. The van der Waals surface area contributed by atoms with E-state index in [2.05, 4.69) is 5.32 Å². The molecule has 4 nitrogen and oxygen atoms in total. The number of para-hydroxylation sites is 1. The fourth-order valence-corrected chi connectivity index (χ4v) is 3.15. The minimum absolute atomic E-state index is 0.354. The second-order valence-electron chi connectivity index (χ2n) is 4.92. The van der Waals surface area contributed by atoms with Crippen LogP contribution in [0.15, 0.2) is 47.4 Å². The van der Waals surface area contributed by atoms with Gasteiger partial charge in [-0.25, -0.2) is 8.42 Å². The third kappa shape index (κ3) is 3.76. The van der Waals surface area contributed by atoms with Gasteiger partial charge in [-0.05, 0) is 30.7 Å². The van der Waals surface area contributed by atoms with Crippen LogP contribution in [0, 0.1) is 6.92 Å². The quantitative estimate of drug-likeness (QED) is 0.922. The van der Waals surface area contributed by atoms with Crippen molar-refractivity contribution >= 4 is 15.5 Å². The van der Waals surface area contributed by atoms with Gasteiger partial charge in [0.05, 0.1) is 12.0 Å². The fraction of sp³-hybridized carbons (Fsp3) is 0.250. The van der Waals surface area contributed by atoms with Gasteiger partial charge in [-0.15, -0.1) is 0 Å². The smallest absolute Gasteiger partial charge is 0.175 e. The molecule has 0 aliphatic rings. The Labute approximate surface area is 125 Å². The van der Waals surface area contributed by atoms with Gasteiger partial charge in [0.1, 0.15) is 5.75 Å². The highest BCUT2D eigenvalue weighted by molar-refractivity contribution is 7.90. The molecule has 0 spiro atoms. The molecule has 0 bridgehead atoms. The largest absolute Gasteiger partial charge is 0.496 e. The lowest BCUT2D eigenvalue weighted by Gasteiger charge is -2.12. The van der Waals surface area contributed by atoms with E-state index in [-0.39, 0.29) is 0 Å². The summed E-state index contributed by atoms with van der Waals surface area (Å²) in [4.78, 5) is 0.354. The molecule has 0 saturated carbocycles. The third-order valence-electron chi connectivity index (χ3n) is 3.26. The number of sulfone groups is 1. The van der Waals surface area contributed by atoms with Crippen LogP contribution in [-0.4, -0.2) is 21.8 Å². The van der Waals surface area contributed by atoms with E-state index in [1.54, 1.807) is 26.2 Å². The summed E-state index contributed by atoms with van der Waals surface area (Å²) < 4.78 is 28.8. The van der Waals surface area contributed by atoms with Crippen LogP contribution in [0.4, 0.5) is 5.69 Å². The lowest BCUT2D eigenvalue weighted by molar-refractivity contribution is 0.410. The Morgan fingerprint density at radius 3 is 2.52 bits per heavy atom. The zero-order chi connectivity index (χ0) is 15.5. The number of aryl methyl sites for hydroxylation is 1. The van der Waals surface area contributed by atoms with Gasteiger partial charge in [-0.2, -0.15) is 0 Å². The maximum absolute atomic E-state index is 11.7. The van der Waals surface area contributed by atoms with E-state index in [1.807, 2.05) is 30.3 Å². The molecule has 21 heavy (non-hydrogen) atoms. The highest BCUT2D eigenvalue weighted by atomic mass is 32.2. The predicted molar refractivity (Wildman–Crippen MR) is 84.6 cm³/mol. The van der Waals surface area contributed by atoms with Gasteiger partial charge in [0, 0.05) is 24.1 Å². The number of nitrogens with one attached hydrogen (secondary N) is 1. The van der Waals surface area contributed by atoms with Crippen LogP contribution in [0.2, 0.25) is 0 Å². The maximum atomic E-state index is 11.7. The highest BCUT2D eigenvalue weighted by Gasteiger charge is 2.11. The molecule has 2 rings (SSSR count). The van der Waals surface area contributed by atoms with Gasteiger partial charge in [0.15, 0.2) is 9.84 Å². The van der Waals surface area contributed by atoms with Crippen LogP contribution in [0.3, 0.4) is 0 Å². The van der Waals surface area contributed by atoms with E-state index in [1.165, 1.54) is 6.26 Å². The highest BCUT2D eigenvalue weighted by Crippen LogP contribution is 2.22. The predicted octanol–water partition coefficient (Wildman–Crippen LogP) is 3.02. The van der Waals surface area contributed by atoms with Crippen molar-refractivity contribution in [3.05, 3.63) is 53.6 Å². The molecule has 0 radical (unpaired) electrons. The van der Waals surface area contributed by atoms with Gasteiger partial charge >= 0.3 is 0 Å². The Morgan fingerprint density at radius 1 is 1.14 bits per heavy atom. The molecule has 0 aliphatic carbocycles. The standard InChI is InChI=1S/C16H19NO3S/c1-12-8-9-14(10-16(12)21(3,18)19)17-11-13-6-4-5-7-15(13)20-2/h4-10,17H,11H2,1-3H3. The van der Waals surface area contributed by atoms with Gasteiger partial charge in [-0.1, -0.05) is 24.3 Å². The molecule has 112 valence electrons. The van der Waals surface area contributed by atoms with Crippen molar-refractivity contribution in [3.63, 3.8) is 0 Å². The lowest BCUT2D eigenvalue weighted by atomic mass is 10.2. The van der Waals surface area contributed by atoms with Gasteiger partial charge < -0.3 is 10.1 Å². The summed E-state index contributed by atoms with van der Waals surface area (Å²) in [5.74, 6) is 0.806. The van der Waals surface area contributed by atoms with Crippen molar-refractivity contribution < 1.29 is 13.2 Å². The Morgan fingerprint density at radius 2 is 1.86 bits per heavy atom. The van der Waals surface area contributed by atoms with Crippen molar-refractivity contribution in [3.8, 4) is 5.75 Å². The summed E-state index contributed by atoms with van der Waals surface area (Å²) >= 11 is 0. The molecule has 2 aromatic carbocycles. The van der Waals surface area contributed by atoms with Crippen molar-refractivity contribution in [2.75, 3.05) is 18.7 Å². The number of hydrogen-bond donors (Lipinski definition) is 1. The molecule has 0 aromatic heterocycles. The molecule has 0 aliphatic heterocycles. The summed E-state index contributed by atoms with van der Waals surface area (Å²) in [6.07, 6.45) is 1.22. The summed E-state index contributed by atoms with van der Waals surface area (Å²) in [5, 5.41) is 3.23. The molecule has 0 fully saturated rings. The zero-order valence-corrected chi connectivity index (χ0v) is 13.2. The molecular formula is C16H19NO3S. The van der Waals surface area contributed by atoms with Crippen molar-refractivity contribution in [2.24, 2.45) is 0 Å². The number of hydrogen-bond acceptors (Lipinski definition) is 4. The van der Waals surface area contributed by atoms with E-state index < -0.39 is 9.84 Å². The number of rotatable bonds is 5. The minimum atomic E-state index is -3.22. The number of ether oxygens (including phenoxy) is 1. The van der Waals surface area contributed by atoms with Crippen LogP contribution in [0.1, 0.15) is 11.1 Å². The summed E-state index contributed by atoms with van der Waals surface area (Å²) in [7, 11) is -1.59. The van der Waals surface area contributed by atoms with Gasteiger partial charge in [0.25, 0.3) is 0 Å². The van der Waals surface area contributed by atoms with Gasteiger partial charge in [-0.3, -0.25) is 0 Å². The molecule has 0 saturated heterocycles. The SMILES string of the molecule is COc1ccccc1CNc1ccc(C)c(S(C)(=O)=O)c1. The average Bonchev–Trinajstić information content (AvgIpc) is 2.45. The molecule has 0 unspecified atom stereocenters. The summed E-state index contributed by atoms with van der Waals surface area (Å²) in [6.45, 7) is 2.36. The molecule has 0 atom stereocenters. The molecule has 5 heteroatoms. The van der Waals surface area contributed by atoms with Crippen LogP contribution in [0.25, 0.3) is 0 Å². The van der Waals surface area contributed by atoms with Crippen molar-refractivity contribution in [2.45, 2.75) is 18.4 Å². The first-order valence-electron chi connectivity index (χ1n) is 6.58. The van der Waals surface area contributed by atoms with E-state index in [0.717, 1.165) is 22.6 Å². The van der Waals surface area contributed by atoms with E-state index in [0.29, 0.717) is 11.4 Å². The zero-order valence-electron chi connectivity index (χ0n) is 12.4. The Balaban J connectivity index is 2.21. The Hall–Kier alpha value is -2.01. The number of benzene rings is 2. The first-order valence-corrected chi connectivity index (χ1v) is 8.47. The topological polar surface area (TPSA) is 55.4 Å². The van der Waals surface area contributed by atoms with Crippen LogP contribution >= 0.6 is 0 Å². The van der Waals surface area contributed by atoms with Crippen molar-refractivity contribution in [1.29, 1.82) is 0 Å². The van der Waals surface area contributed by atoms with Crippen LogP contribution in [-0.2, 0) is 16.4 Å². The Kier molecular flexibility index (Phi) is 4.53. The van der Waals surface area contributed by atoms with Crippen molar-refractivity contribution in [1.82, 2.24) is 0 Å². The Bertz CT molecular complexity index is 739. The fourth-order valence-electron chi connectivity index (χ4n) is 2.16. The average molecular weight is 305 g/mol. The summed E-state index contributed by atoms with van der Waals surface area (Å²) in [5.41, 5.74) is 2.54. The van der Waals surface area contributed by atoms with Gasteiger partial charge in [0.2, 0.25) is 0 Å².